The fraction of sp³-hybridized carbons (Fsp3) is 0.125. The maximum atomic E-state index is 5.40. The van der Waals surface area contributed by atoms with Gasteiger partial charge in [0.05, 0.1) is 25.3 Å². The van der Waals surface area contributed by atoms with Crippen LogP contribution in [0.1, 0.15) is 5.56 Å². The second kappa shape index (κ2) is 8.09. The molecule has 0 saturated carbocycles. The van der Waals surface area contributed by atoms with E-state index in [-0.39, 0.29) is 5.96 Å². The fourth-order valence-corrected chi connectivity index (χ4v) is 2.87. The number of methoxy groups -OCH3 is 2. The summed E-state index contributed by atoms with van der Waals surface area (Å²) in [6, 6.07) is 13.4. The SMILES string of the molecule is COc1ccc(OC)c(Sc2ccccc2C=NN=C(N)N)c1. The van der Waals surface area contributed by atoms with Crippen LogP contribution in [0.2, 0.25) is 0 Å². The van der Waals surface area contributed by atoms with Crippen molar-refractivity contribution in [3.8, 4) is 11.5 Å². The molecule has 120 valence electrons. The number of hydrogen-bond donors (Lipinski definition) is 2. The van der Waals surface area contributed by atoms with Gasteiger partial charge in [0.2, 0.25) is 5.96 Å². The first-order valence-corrected chi connectivity index (χ1v) is 7.56. The molecule has 0 saturated heterocycles. The second-order valence-corrected chi connectivity index (χ2v) is 5.51. The lowest BCUT2D eigenvalue weighted by Gasteiger charge is -2.11. The van der Waals surface area contributed by atoms with Crippen molar-refractivity contribution in [3.05, 3.63) is 48.0 Å². The van der Waals surface area contributed by atoms with Crippen molar-refractivity contribution in [2.24, 2.45) is 21.7 Å². The lowest BCUT2D eigenvalue weighted by Crippen LogP contribution is -2.21. The van der Waals surface area contributed by atoms with Gasteiger partial charge in [0.15, 0.2) is 0 Å². The molecule has 23 heavy (non-hydrogen) atoms. The van der Waals surface area contributed by atoms with Gasteiger partial charge in [0.25, 0.3) is 0 Å². The number of guanidine groups is 1. The monoisotopic (exact) mass is 330 g/mol. The van der Waals surface area contributed by atoms with Crippen LogP contribution in [0.3, 0.4) is 0 Å². The van der Waals surface area contributed by atoms with E-state index in [0.717, 1.165) is 26.9 Å². The number of ether oxygens (including phenoxy) is 2. The Kier molecular flexibility index (Phi) is 5.87. The average Bonchev–Trinajstić information content (AvgIpc) is 2.56. The van der Waals surface area contributed by atoms with Crippen molar-refractivity contribution in [3.63, 3.8) is 0 Å². The first-order chi connectivity index (χ1) is 11.1. The highest BCUT2D eigenvalue weighted by atomic mass is 32.2. The van der Waals surface area contributed by atoms with Gasteiger partial charge in [-0.3, -0.25) is 0 Å². The standard InChI is InChI=1S/C16H18N4O2S/c1-21-12-7-8-13(22-2)15(9-12)23-14-6-4-3-5-11(14)10-19-20-16(17)18/h3-10H,1-2H3,(H4,17,18,20). The number of nitrogens with zero attached hydrogens (tertiary/aromatic N) is 2. The smallest absolute Gasteiger partial charge is 0.211 e. The Bertz CT molecular complexity index is 728. The van der Waals surface area contributed by atoms with E-state index in [9.17, 15) is 0 Å². The van der Waals surface area contributed by atoms with Crippen LogP contribution < -0.4 is 20.9 Å². The number of benzene rings is 2. The van der Waals surface area contributed by atoms with Crippen LogP contribution >= 0.6 is 11.8 Å². The third kappa shape index (κ3) is 4.65. The van der Waals surface area contributed by atoms with Crippen LogP contribution in [0.5, 0.6) is 11.5 Å². The van der Waals surface area contributed by atoms with Crippen molar-refractivity contribution in [2.75, 3.05) is 14.2 Å². The van der Waals surface area contributed by atoms with Crippen LogP contribution in [0.25, 0.3) is 0 Å². The van der Waals surface area contributed by atoms with Gasteiger partial charge in [-0.05, 0) is 24.3 Å². The van der Waals surface area contributed by atoms with Crippen molar-refractivity contribution < 1.29 is 9.47 Å². The molecule has 0 aromatic heterocycles. The molecule has 7 heteroatoms. The van der Waals surface area contributed by atoms with E-state index in [0.29, 0.717) is 0 Å². The Hall–Kier alpha value is -2.67. The molecule has 0 fully saturated rings. The van der Waals surface area contributed by atoms with Crippen molar-refractivity contribution in [1.29, 1.82) is 0 Å². The summed E-state index contributed by atoms with van der Waals surface area (Å²) in [5.41, 5.74) is 11.4. The lowest BCUT2D eigenvalue weighted by atomic mass is 10.2. The van der Waals surface area contributed by atoms with Gasteiger partial charge < -0.3 is 20.9 Å². The minimum Gasteiger partial charge on any atom is -0.497 e. The quantitative estimate of drug-likeness (QED) is 0.482. The largest absolute Gasteiger partial charge is 0.497 e. The lowest BCUT2D eigenvalue weighted by molar-refractivity contribution is 0.394. The van der Waals surface area contributed by atoms with Gasteiger partial charge in [-0.25, -0.2) is 0 Å². The van der Waals surface area contributed by atoms with Crippen LogP contribution in [0.15, 0.2) is 62.5 Å². The highest BCUT2D eigenvalue weighted by molar-refractivity contribution is 7.99. The van der Waals surface area contributed by atoms with E-state index in [1.54, 1.807) is 32.2 Å². The van der Waals surface area contributed by atoms with Gasteiger partial charge in [-0.1, -0.05) is 30.0 Å². The van der Waals surface area contributed by atoms with E-state index >= 15 is 0 Å². The van der Waals surface area contributed by atoms with Crippen LogP contribution in [0.4, 0.5) is 0 Å². The summed E-state index contributed by atoms with van der Waals surface area (Å²) in [5.74, 6) is 1.45. The zero-order valence-corrected chi connectivity index (χ0v) is 13.7. The number of hydrogen-bond acceptors (Lipinski definition) is 5. The number of rotatable bonds is 6. The Morgan fingerprint density at radius 3 is 2.52 bits per heavy atom. The van der Waals surface area contributed by atoms with Crippen LogP contribution in [-0.2, 0) is 0 Å². The van der Waals surface area contributed by atoms with Crippen molar-refractivity contribution in [2.45, 2.75) is 9.79 Å². The third-order valence-corrected chi connectivity index (χ3v) is 4.01. The van der Waals surface area contributed by atoms with Gasteiger partial charge in [0, 0.05) is 10.5 Å². The third-order valence-electron chi connectivity index (χ3n) is 2.88. The molecule has 0 radical (unpaired) electrons. The molecule has 0 atom stereocenters. The summed E-state index contributed by atoms with van der Waals surface area (Å²) < 4.78 is 10.7. The normalized spacial score (nSPS) is 10.5. The maximum absolute atomic E-state index is 5.40. The highest BCUT2D eigenvalue weighted by Crippen LogP contribution is 2.38. The molecule has 0 aliphatic rings. The molecule has 0 spiro atoms. The summed E-state index contributed by atoms with van der Waals surface area (Å²) in [6.45, 7) is 0. The van der Waals surface area contributed by atoms with Gasteiger partial charge in [-0.15, -0.1) is 5.10 Å². The molecule has 0 unspecified atom stereocenters. The molecule has 0 heterocycles. The Balaban J connectivity index is 2.33. The Morgan fingerprint density at radius 1 is 1.04 bits per heavy atom. The Labute approximate surface area is 139 Å². The van der Waals surface area contributed by atoms with Crippen molar-refractivity contribution >= 4 is 23.9 Å². The number of nitrogens with two attached hydrogens (primary N) is 2. The molecule has 0 amide bonds. The van der Waals surface area contributed by atoms with E-state index in [1.807, 2.05) is 42.5 Å². The summed E-state index contributed by atoms with van der Waals surface area (Å²) >= 11 is 1.55. The minimum atomic E-state index is -0.0825. The average molecular weight is 330 g/mol. The van der Waals surface area contributed by atoms with Crippen LogP contribution in [-0.4, -0.2) is 26.4 Å². The molecule has 6 nitrogen and oxygen atoms in total. The summed E-state index contributed by atoms with van der Waals surface area (Å²) in [7, 11) is 3.27. The first-order valence-electron chi connectivity index (χ1n) is 6.75. The maximum Gasteiger partial charge on any atom is 0.211 e. The van der Waals surface area contributed by atoms with Crippen LogP contribution in [0, 0.1) is 0 Å². The molecule has 4 N–H and O–H groups in total. The summed E-state index contributed by atoms with van der Waals surface area (Å²) in [5, 5.41) is 7.48. The van der Waals surface area contributed by atoms with Gasteiger partial charge >= 0.3 is 0 Å². The molecule has 2 rings (SSSR count). The topological polar surface area (TPSA) is 95.2 Å². The van der Waals surface area contributed by atoms with E-state index in [1.165, 1.54) is 0 Å². The van der Waals surface area contributed by atoms with E-state index in [4.69, 9.17) is 20.9 Å². The molecule has 0 aliphatic carbocycles. The predicted molar refractivity (Wildman–Crippen MR) is 93.5 cm³/mol. The van der Waals surface area contributed by atoms with E-state index in [2.05, 4.69) is 10.2 Å². The predicted octanol–water partition coefficient (Wildman–Crippen LogP) is 2.46. The van der Waals surface area contributed by atoms with E-state index < -0.39 is 0 Å². The molecule has 0 bridgehead atoms. The zero-order chi connectivity index (χ0) is 16.7. The Morgan fingerprint density at radius 2 is 1.83 bits per heavy atom. The molecule has 2 aromatic rings. The summed E-state index contributed by atoms with van der Waals surface area (Å²) in [4.78, 5) is 1.93. The van der Waals surface area contributed by atoms with Gasteiger partial charge in [-0.2, -0.15) is 5.10 Å². The fourth-order valence-electron chi connectivity index (χ4n) is 1.82. The minimum absolute atomic E-state index is 0.0825. The van der Waals surface area contributed by atoms with Crippen molar-refractivity contribution in [1.82, 2.24) is 0 Å². The summed E-state index contributed by atoms with van der Waals surface area (Å²) in [6.07, 6.45) is 1.61. The molecule has 0 aliphatic heterocycles. The molecular formula is C16H18N4O2S. The molecule has 2 aromatic carbocycles. The zero-order valence-electron chi connectivity index (χ0n) is 12.9. The first kappa shape index (κ1) is 16.7. The van der Waals surface area contributed by atoms with Gasteiger partial charge in [0.1, 0.15) is 11.5 Å². The molecular weight excluding hydrogens is 312 g/mol. The second-order valence-electron chi connectivity index (χ2n) is 4.43. The highest BCUT2D eigenvalue weighted by Gasteiger charge is 2.09.